The van der Waals surface area contributed by atoms with E-state index in [0.717, 1.165) is 14.7 Å². The minimum atomic E-state index is -0.793. The zero-order valence-corrected chi connectivity index (χ0v) is 11.7. The summed E-state index contributed by atoms with van der Waals surface area (Å²) in [6, 6.07) is 12.1. The molecular formula is C14H9BrO2S. The van der Waals surface area contributed by atoms with Crippen molar-refractivity contribution < 1.29 is 9.90 Å². The number of benzene rings is 2. The fourth-order valence-electron chi connectivity index (χ4n) is 2.08. The van der Waals surface area contributed by atoms with Gasteiger partial charge in [0.25, 0.3) is 0 Å². The van der Waals surface area contributed by atoms with Gasteiger partial charge in [0, 0.05) is 24.6 Å². The number of carboxylic acid groups (broad SMARTS) is 1. The van der Waals surface area contributed by atoms with Gasteiger partial charge in [-0.2, -0.15) is 0 Å². The maximum atomic E-state index is 10.7. The Morgan fingerprint density at radius 1 is 1.11 bits per heavy atom. The molecule has 0 saturated heterocycles. The van der Waals surface area contributed by atoms with Gasteiger partial charge < -0.3 is 5.11 Å². The number of fused-ring (bicyclic) bond motifs is 3. The van der Waals surface area contributed by atoms with Crippen LogP contribution in [0, 0.1) is 0 Å². The van der Waals surface area contributed by atoms with Crippen LogP contribution in [-0.2, 0) is 11.2 Å². The Hall–Kier alpha value is -1.39. The maximum Gasteiger partial charge on any atom is 0.307 e. The molecule has 1 N–H and O–H groups in total. The number of carbonyl (C=O) groups is 1. The number of hydrogen-bond donors (Lipinski definition) is 1. The Labute approximate surface area is 116 Å². The van der Waals surface area contributed by atoms with Crippen molar-refractivity contribution in [3.63, 3.8) is 0 Å². The molecule has 2 aromatic carbocycles. The number of rotatable bonds is 2. The highest BCUT2D eigenvalue weighted by atomic mass is 79.9. The number of thiophene rings is 1. The van der Waals surface area contributed by atoms with Gasteiger partial charge in [-0.15, -0.1) is 11.3 Å². The lowest BCUT2D eigenvalue weighted by molar-refractivity contribution is -0.136. The Morgan fingerprint density at radius 2 is 1.94 bits per heavy atom. The SMILES string of the molecule is O=C(O)Cc1ccc2c(c1)sc1ccc(Br)cc12. The molecule has 1 aromatic heterocycles. The van der Waals surface area contributed by atoms with Crippen LogP contribution < -0.4 is 0 Å². The number of carboxylic acids is 1. The van der Waals surface area contributed by atoms with Gasteiger partial charge in [-0.1, -0.05) is 28.1 Å². The van der Waals surface area contributed by atoms with Crippen LogP contribution >= 0.6 is 27.3 Å². The molecule has 0 spiro atoms. The summed E-state index contributed by atoms with van der Waals surface area (Å²) >= 11 is 5.17. The Morgan fingerprint density at radius 3 is 2.72 bits per heavy atom. The van der Waals surface area contributed by atoms with Gasteiger partial charge in [-0.05, 0) is 29.8 Å². The van der Waals surface area contributed by atoms with Crippen LogP contribution in [0.2, 0.25) is 0 Å². The van der Waals surface area contributed by atoms with Gasteiger partial charge in [0.05, 0.1) is 6.42 Å². The van der Waals surface area contributed by atoms with Gasteiger partial charge >= 0.3 is 5.97 Å². The fourth-order valence-corrected chi connectivity index (χ4v) is 3.59. The van der Waals surface area contributed by atoms with E-state index in [-0.39, 0.29) is 6.42 Å². The van der Waals surface area contributed by atoms with Crippen LogP contribution in [0.15, 0.2) is 40.9 Å². The molecule has 2 nitrogen and oxygen atoms in total. The Bertz CT molecular complexity index is 761. The van der Waals surface area contributed by atoms with Crippen molar-refractivity contribution in [2.75, 3.05) is 0 Å². The molecule has 3 rings (SSSR count). The second-order valence-electron chi connectivity index (χ2n) is 4.14. The minimum absolute atomic E-state index is 0.0773. The first-order valence-electron chi connectivity index (χ1n) is 5.46. The number of hydrogen-bond acceptors (Lipinski definition) is 2. The summed E-state index contributed by atoms with van der Waals surface area (Å²) in [4.78, 5) is 10.7. The van der Waals surface area contributed by atoms with Gasteiger partial charge in [-0.3, -0.25) is 4.79 Å². The van der Waals surface area contributed by atoms with E-state index in [1.54, 1.807) is 11.3 Å². The molecule has 0 unspecified atom stereocenters. The van der Waals surface area contributed by atoms with E-state index in [1.807, 2.05) is 24.3 Å². The van der Waals surface area contributed by atoms with Gasteiger partial charge in [0.1, 0.15) is 0 Å². The van der Waals surface area contributed by atoms with Gasteiger partial charge in [-0.25, -0.2) is 0 Å². The predicted molar refractivity (Wildman–Crippen MR) is 78.4 cm³/mol. The smallest absolute Gasteiger partial charge is 0.307 e. The van der Waals surface area contributed by atoms with Crippen molar-refractivity contribution >= 4 is 53.4 Å². The first-order valence-corrected chi connectivity index (χ1v) is 7.07. The van der Waals surface area contributed by atoms with Crippen LogP contribution in [0.3, 0.4) is 0 Å². The zero-order valence-electron chi connectivity index (χ0n) is 9.31. The summed E-state index contributed by atoms with van der Waals surface area (Å²) in [6.45, 7) is 0. The quantitative estimate of drug-likeness (QED) is 0.757. The monoisotopic (exact) mass is 320 g/mol. The number of aliphatic carboxylic acids is 1. The van der Waals surface area contributed by atoms with Crippen molar-refractivity contribution in [2.45, 2.75) is 6.42 Å². The molecule has 0 fully saturated rings. The van der Waals surface area contributed by atoms with Gasteiger partial charge in [0.2, 0.25) is 0 Å². The first-order chi connectivity index (χ1) is 8.63. The molecule has 18 heavy (non-hydrogen) atoms. The molecule has 0 atom stereocenters. The largest absolute Gasteiger partial charge is 0.481 e. The summed E-state index contributed by atoms with van der Waals surface area (Å²) in [5.41, 5.74) is 0.848. The van der Waals surface area contributed by atoms with Crippen LogP contribution in [0.1, 0.15) is 5.56 Å². The predicted octanol–water partition coefficient (Wildman–Crippen LogP) is 4.44. The third-order valence-electron chi connectivity index (χ3n) is 2.85. The molecule has 3 aromatic rings. The van der Waals surface area contributed by atoms with Crippen molar-refractivity contribution in [1.29, 1.82) is 0 Å². The van der Waals surface area contributed by atoms with E-state index in [4.69, 9.17) is 5.11 Å². The van der Waals surface area contributed by atoms with Crippen LogP contribution in [-0.4, -0.2) is 11.1 Å². The second-order valence-corrected chi connectivity index (χ2v) is 6.14. The van der Waals surface area contributed by atoms with Gasteiger partial charge in [0.15, 0.2) is 0 Å². The Kier molecular flexibility index (Phi) is 2.84. The third kappa shape index (κ3) is 2.02. The lowest BCUT2D eigenvalue weighted by Crippen LogP contribution is -1.99. The van der Waals surface area contributed by atoms with E-state index in [1.165, 1.54) is 15.5 Å². The molecule has 90 valence electrons. The lowest BCUT2D eigenvalue weighted by Gasteiger charge is -1.97. The summed E-state index contributed by atoms with van der Waals surface area (Å²) in [6.07, 6.45) is 0.0773. The van der Waals surface area contributed by atoms with E-state index in [9.17, 15) is 4.79 Å². The molecule has 0 radical (unpaired) electrons. The van der Waals surface area contributed by atoms with E-state index in [0.29, 0.717) is 0 Å². The molecular weight excluding hydrogens is 312 g/mol. The molecule has 0 saturated carbocycles. The van der Waals surface area contributed by atoms with Crippen LogP contribution in [0.25, 0.3) is 20.2 Å². The zero-order chi connectivity index (χ0) is 12.7. The highest BCUT2D eigenvalue weighted by molar-refractivity contribution is 9.10. The van der Waals surface area contributed by atoms with E-state index in [2.05, 4.69) is 28.1 Å². The summed E-state index contributed by atoms with van der Waals surface area (Å²) in [5, 5.41) is 11.2. The second kappa shape index (κ2) is 4.37. The average molecular weight is 321 g/mol. The Balaban J connectivity index is 2.23. The minimum Gasteiger partial charge on any atom is -0.481 e. The van der Waals surface area contributed by atoms with Crippen molar-refractivity contribution in [1.82, 2.24) is 0 Å². The summed E-state index contributed by atoms with van der Waals surface area (Å²) in [7, 11) is 0. The highest BCUT2D eigenvalue weighted by Crippen LogP contribution is 2.35. The average Bonchev–Trinajstić information content (AvgIpc) is 2.65. The van der Waals surface area contributed by atoms with E-state index >= 15 is 0 Å². The molecule has 0 aliphatic heterocycles. The van der Waals surface area contributed by atoms with Crippen molar-refractivity contribution in [3.05, 3.63) is 46.4 Å². The maximum absolute atomic E-state index is 10.7. The van der Waals surface area contributed by atoms with E-state index < -0.39 is 5.97 Å². The summed E-state index contributed by atoms with van der Waals surface area (Å²) < 4.78 is 3.42. The highest BCUT2D eigenvalue weighted by Gasteiger charge is 2.07. The third-order valence-corrected chi connectivity index (χ3v) is 4.48. The number of halogens is 1. The molecule has 0 bridgehead atoms. The molecule has 4 heteroatoms. The standard InChI is InChI=1S/C14H9BrO2S/c15-9-2-4-12-11(7-9)10-3-1-8(6-14(16)17)5-13(10)18-12/h1-5,7H,6H2,(H,16,17). The van der Waals surface area contributed by atoms with Crippen molar-refractivity contribution in [3.8, 4) is 0 Å². The normalized spacial score (nSPS) is 11.2. The lowest BCUT2D eigenvalue weighted by atomic mass is 10.1. The fraction of sp³-hybridized carbons (Fsp3) is 0.0714. The molecule has 0 aliphatic carbocycles. The first kappa shape index (κ1) is 11.7. The van der Waals surface area contributed by atoms with Crippen molar-refractivity contribution in [2.24, 2.45) is 0 Å². The van der Waals surface area contributed by atoms with Crippen LogP contribution in [0.4, 0.5) is 0 Å². The molecule has 1 heterocycles. The molecule has 0 aliphatic rings. The van der Waals surface area contributed by atoms with Crippen LogP contribution in [0.5, 0.6) is 0 Å². The molecule has 0 amide bonds. The summed E-state index contributed by atoms with van der Waals surface area (Å²) in [5.74, 6) is -0.793. The topological polar surface area (TPSA) is 37.3 Å².